The summed E-state index contributed by atoms with van der Waals surface area (Å²) in [4.78, 5) is 26.3. The molecular formula is C25H21ClFN3O3. The Hall–Kier alpha value is -3.71. The van der Waals surface area contributed by atoms with E-state index in [1.165, 1.54) is 18.3 Å². The zero-order chi connectivity index (χ0) is 23.2. The van der Waals surface area contributed by atoms with Crippen LogP contribution in [-0.2, 0) is 16.2 Å². The molecule has 1 aliphatic heterocycles. The minimum Gasteiger partial charge on any atom is -0.489 e. The fraction of sp³-hybridized carbons (Fsp3) is 0.160. The van der Waals surface area contributed by atoms with Gasteiger partial charge in [0.05, 0.1) is 12.1 Å². The zero-order valence-corrected chi connectivity index (χ0v) is 18.3. The van der Waals surface area contributed by atoms with Crippen LogP contribution in [0.2, 0.25) is 5.02 Å². The molecule has 0 radical (unpaired) electrons. The number of amides is 2. The van der Waals surface area contributed by atoms with Crippen molar-refractivity contribution >= 4 is 35.3 Å². The number of hydrazone groups is 1. The predicted molar refractivity (Wildman–Crippen MR) is 125 cm³/mol. The lowest BCUT2D eigenvalue weighted by molar-refractivity contribution is -0.126. The van der Waals surface area contributed by atoms with Gasteiger partial charge in [0, 0.05) is 23.7 Å². The number of halogens is 2. The number of carbonyl (C=O) groups excluding carboxylic acids is 2. The SMILES string of the molecule is O=C(N/N=C\c1ccc(OCc2ccc(F)cc2)cc1)[C@@H]1CC(=O)N(c2ccc(Cl)cc2)C1. The average Bonchev–Trinajstić information content (AvgIpc) is 3.22. The van der Waals surface area contributed by atoms with Crippen molar-refractivity contribution in [1.82, 2.24) is 5.43 Å². The van der Waals surface area contributed by atoms with Gasteiger partial charge in [-0.05, 0) is 71.8 Å². The van der Waals surface area contributed by atoms with Gasteiger partial charge in [-0.1, -0.05) is 23.7 Å². The lowest BCUT2D eigenvalue weighted by Crippen LogP contribution is -2.30. The first kappa shape index (κ1) is 22.5. The number of carbonyl (C=O) groups is 2. The van der Waals surface area contributed by atoms with Crippen LogP contribution in [0.3, 0.4) is 0 Å². The Morgan fingerprint density at radius 2 is 1.79 bits per heavy atom. The first-order valence-corrected chi connectivity index (χ1v) is 10.7. The molecule has 33 heavy (non-hydrogen) atoms. The number of hydrogen-bond donors (Lipinski definition) is 1. The van der Waals surface area contributed by atoms with Gasteiger partial charge in [-0.2, -0.15) is 5.10 Å². The highest BCUT2D eigenvalue weighted by Gasteiger charge is 2.35. The normalized spacial score (nSPS) is 15.8. The maximum Gasteiger partial charge on any atom is 0.245 e. The second-order valence-electron chi connectivity index (χ2n) is 7.60. The number of hydrogen-bond acceptors (Lipinski definition) is 4. The Bertz CT molecular complexity index is 1150. The van der Waals surface area contributed by atoms with Gasteiger partial charge in [0.2, 0.25) is 11.8 Å². The Labute approximate surface area is 195 Å². The molecule has 6 nitrogen and oxygen atoms in total. The van der Waals surface area contributed by atoms with E-state index < -0.39 is 5.92 Å². The van der Waals surface area contributed by atoms with Crippen molar-refractivity contribution in [3.05, 3.63) is 94.8 Å². The Morgan fingerprint density at radius 3 is 2.48 bits per heavy atom. The van der Waals surface area contributed by atoms with Gasteiger partial charge in [0.1, 0.15) is 18.2 Å². The molecule has 4 rings (SSSR count). The third kappa shape index (κ3) is 5.96. The minimum absolute atomic E-state index is 0.113. The van der Waals surface area contributed by atoms with Crippen LogP contribution in [0.5, 0.6) is 5.75 Å². The van der Waals surface area contributed by atoms with Gasteiger partial charge in [-0.15, -0.1) is 0 Å². The molecule has 0 unspecified atom stereocenters. The lowest BCUT2D eigenvalue weighted by atomic mass is 10.1. The van der Waals surface area contributed by atoms with Crippen LogP contribution in [0, 0.1) is 11.7 Å². The van der Waals surface area contributed by atoms with Crippen molar-refractivity contribution in [2.24, 2.45) is 11.0 Å². The molecule has 2 amide bonds. The molecule has 168 valence electrons. The summed E-state index contributed by atoms with van der Waals surface area (Å²) >= 11 is 5.89. The Kier molecular flexibility index (Phi) is 7.00. The fourth-order valence-corrected chi connectivity index (χ4v) is 3.54. The van der Waals surface area contributed by atoms with Gasteiger partial charge in [0.25, 0.3) is 0 Å². The summed E-state index contributed by atoms with van der Waals surface area (Å²) < 4.78 is 18.6. The molecule has 0 spiro atoms. The van der Waals surface area contributed by atoms with Crippen molar-refractivity contribution in [3.63, 3.8) is 0 Å². The number of nitrogens with zero attached hydrogens (tertiary/aromatic N) is 2. The molecule has 1 atom stereocenters. The van der Waals surface area contributed by atoms with E-state index in [-0.39, 0.29) is 24.1 Å². The van der Waals surface area contributed by atoms with E-state index in [4.69, 9.17) is 16.3 Å². The number of anilines is 1. The van der Waals surface area contributed by atoms with Crippen molar-refractivity contribution < 1.29 is 18.7 Å². The quantitative estimate of drug-likeness (QED) is 0.410. The second kappa shape index (κ2) is 10.3. The fourth-order valence-electron chi connectivity index (χ4n) is 3.41. The zero-order valence-electron chi connectivity index (χ0n) is 17.6. The summed E-state index contributed by atoms with van der Waals surface area (Å²) in [6.45, 7) is 0.624. The van der Waals surface area contributed by atoms with E-state index >= 15 is 0 Å². The summed E-state index contributed by atoms with van der Waals surface area (Å²) in [5.74, 6) is -0.527. The van der Waals surface area contributed by atoms with Crippen LogP contribution in [0.1, 0.15) is 17.5 Å². The van der Waals surface area contributed by atoms with E-state index in [9.17, 15) is 14.0 Å². The smallest absolute Gasteiger partial charge is 0.245 e. The molecule has 1 N–H and O–H groups in total. The largest absolute Gasteiger partial charge is 0.489 e. The summed E-state index contributed by atoms with van der Waals surface area (Å²) in [5, 5.41) is 4.59. The summed E-state index contributed by atoms with van der Waals surface area (Å²) in [6.07, 6.45) is 1.65. The molecule has 8 heteroatoms. The molecule has 3 aromatic carbocycles. The van der Waals surface area contributed by atoms with Gasteiger partial charge < -0.3 is 9.64 Å². The number of rotatable bonds is 7. The van der Waals surface area contributed by atoms with Crippen LogP contribution in [0.4, 0.5) is 10.1 Å². The number of nitrogens with one attached hydrogen (secondary N) is 1. The van der Waals surface area contributed by atoms with Crippen LogP contribution in [0.25, 0.3) is 0 Å². The minimum atomic E-state index is -0.479. The van der Waals surface area contributed by atoms with E-state index in [1.54, 1.807) is 65.6 Å². The van der Waals surface area contributed by atoms with Gasteiger partial charge in [-0.3, -0.25) is 9.59 Å². The Morgan fingerprint density at radius 1 is 1.09 bits per heavy atom. The molecule has 1 saturated heterocycles. The van der Waals surface area contributed by atoms with Gasteiger partial charge in [-0.25, -0.2) is 9.82 Å². The average molecular weight is 466 g/mol. The van der Waals surface area contributed by atoms with Gasteiger partial charge >= 0.3 is 0 Å². The Balaban J connectivity index is 1.26. The lowest BCUT2D eigenvalue weighted by Gasteiger charge is -2.16. The summed E-state index contributed by atoms with van der Waals surface area (Å²) in [5.41, 5.74) is 4.86. The van der Waals surface area contributed by atoms with Crippen molar-refractivity contribution in [3.8, 4) is 5.75 Å². The molecule has 3 aromatic rings. The van der Waals surface area contributed by atoms with E-state index in [2.05, 4.69) is 10.5 Å². The van der Waals surface area contributed by atoms with Crippen LogP contribution in [-0.4, -0.2) is 24.6 Å². The first-order valence-electron chi connectivity index (χ1n) is 10.3. The maximum atomic E-state index is 13.0. The molecule has 0 aromatic heterocycles. The molecule has 1 fully saturated rings. The van der Waals surface area contributed by atoms with Crippen molar-refractivity contribution in [2.45, 2.75) is 13.0 Å². The van der Waals surface area contributed by atoms with Gasteiger partial charge in [0.15, 0.2) is 0 Å². The highest BCUT2D eigenvalue weighted by molar-refractivity contribution is 6.30. The monoisotopic (exact) mass is 465 g/mol. The topological polar surface area (TPSA) is 71.0 Å². The van der Waals surface area contributed by atoms with Crippen LogP contribution in [0.15, 0.2) is 77.9 Å². The van der Waals surface area contributed by atoms with Crippen molar-refractivity contribution in [2.75, 3.05) is 11.4 Å². The van der Waals surface area contributed by atoms with Crippen molar-refractivity contribution in [1.29, 1.82) is 0 Å². The maximum absolute atomic E-state index is 13.0. The molecule has 1 heterocycles. The molecule has 0 bridgehead atoms. The summed E-state index contributed by atoms with van der Waals surface area (Å²) in [7, 11) is 0. The van der Waals surface area contributed by atoms with E-state index in [0.717, 1.165) is 11.1 Å². The standard InChI is InChI=1S/C25H21ClFN3O3/c26-20-5-9-22(10-6-20)30-15-19(13-24(30)31)25(32)29-28-14-17-3-11-23(12-4-17)33-16-18-1-7-21(27)8-2-18/h1-12,14,19H,13,15-16H2,(H,29,32)/b28-14-/t19-/m1/s1. The first-order chi connectivity index (χ1) is 16.0. The third-order valence-corrected chi connectivity index (χ3v) is 5.47. The van der Waals surface area contributed by atoms with Crippen LogP contribution >= 0.6 is 11.6 Å². The highest BCUT2D eigenvalue weighted by Crippen LogP contribution is 2.26. The highest BCUT2D eigenvalue weighted by atomic mass is 35.5. The van der Waals surface area contributed by atoms with E-state index in [1.807, 2.05) is 0 Å². The molecule has 0 saturated carbocycles. The molecular weight excluding hydrogens is 445 g/mol. The molecule has 0 aliphatic carbocycles. The number of benzene rings is 3. The summed E-state index contributed by atoms with van der Waals surface area (Å²) in [6, 6.07) is 20.2. The number of ether oxygens (including phenoxy) is 1. The third-order valence-electron chi connectivity index (χ3n) is 5.22. The van der Waals surface area contributed by atoms with Crippen LogP contribution < -0.4 is 15.1 Å². The van der Waals surface area contributed by atoms with E-state index in [0.29, 0.717) is 29.6 Å². The molecule has 1 aliphatic rings. The predicted octanol–water partition coefficient (Wildman–Crippen LogP) is 4.56. The second-order valence-corrected chi connectivity index (χ2v) is 8.04.